The topological polar surface area (TPSA) is 95.3 Å². The molecule has 0 radical (unpaired) electrons. The molecule has 0 saturated carbocycles. The number of aliphatic hydroxyl groups is 1. The van der Waals surface area contributed by atoms with Crippen molar-refractivity contribution < 1.29 is 14.3 Å². The van der Waals surface area contributed by atoms with Gasteiger partial charge in [0, 0.05) is 18.2 Å². The van der Waals surface area contributed by atoms with Gasteiger partial charge in [-0.25, -0.2) is 0 Å². The van der Waals surface area contributed by atoms with Gasteiger partial charge in [0.2, 0.25) is 0 Å². The van der Waals surface area contributed by atoms with E-state index >= 15 is 0 Å². The highest BCUT2D eigenvalue weighted by atomic mass is 16.4. The highest BCUT2D eigenvalue weighted by molar-refractivity contribution is 5.94. The van der Waals surface area contributed by atoms with Crippen LogP contribution in [-0.4, -0.2) is 22.0 Å². The molecule has 3 N–H and O–H groups in total. The minimum absolute atomic E-state index is 0.134. The summed E-state index contributed by atoms with van der Waals surface area (Å²) in [4.78, 5) is 27.4. The normalized spacial score (nSPS) is 16.2. The number of furan rings is 1. The van der Waals surface area contributed by atoms with Crippen molar-refractivity contribution in [3.8, 4) is 0 Å². The molecule has 0 saturated heterocycles. The van der Waals surface area contributed by atoms with E-state index in [1.807, 2.05) is 0 Å². The molecule has 0 fully saturated rings. The van der Waals surface area contributed by atoms with Crippen LogP contribution in [0.1, 0.15) is 59.7 Å². The van der Waals surface area contributed by atoms with Gasteiger partial charge in [0.1, 0.15) is 17.4 Å². The smallest absolute Gasteiger partial charge is 0.261 e. The van der Waals surface area contributed by atoms with Gasteiger partial charge in [-0.05, 0) is 56.4 Å². The maximum atomic E-state index is 12.4. The van der Waals surface area contributed by atoms with Crippen LogP contribution in [-0.2, 0) is 12.8 Å². The highest BCUT2D eigenvalue weighted by Crippen LogP contribution is 2.20. The van der Waals surface area contributed by atoms with E-state index in [0.717, 1.165) is 36.9 Å². The van der Waals surface area contributed by atoms with Crippen LogP contribution in [0.25, 0.3) is 0 Å². The summed E-state index contributed by atoms with van der Waals surface area (Å²) in [5.74, 6) is 0.0477. The molecule has 3 rings (SSSR count). The average molecular weight is 330 g/mol. The van der Waals surface area contributed by atoms with E-state index in [4.69, 9.17) is 4.42 Å². The first-order valence-electron chi connectivity index (χ1n) is 8.32. The summed E-state index contributed by atoms with van der Waals surface area (Å²) in [5, 5.41) is 12.8. The summed E-state index contributed by atoms with van der Waals surface area (Å²) in [6.07, 6.45) is 4.90. The number of rotatable bonds is 5. The molecule has 2 heterocycles. The van der Waals surface area contributed by atoms with Crippen LogP contribution in [0.5, 0.6) is 0 Å². The van der Waals surface area contributed by atoms with Crippen LogP contribution in [0.4, 0.5) is 0 Å². The predicted octanol–water partition coefficient (Wildman–Crippen LogP) is 2.09. The largest absolute Gasteiger partial charge is 0.467 e. The van der Waals surface area contributed by atoms with E-state index in [-0.39, 0.29) is 17.2 Å². The molecule has 0 spiro atoms. The van der Waals surface area contributed by atoms with Gasteiger partial charge in [-0.15, -0.1) is 0 Å². The first-order valence-corrected chi connectivity index (χ1v) is 8.32. The maximum absolute atomic E-state index is 12.4. The third-order valence-corrected chi connectivity index (χ3v) is 4.41. The lowest BCUT2D eigenvalue weighted by atomic mass is 9.95. The molecular weight excluding hydrogens is 308 g/mol. The van der Waals surface area contributed by atoms with Gasteiger partial charge in [-0.2, -0.15) is 0 Å². The Labute approximate surface area is 139 Å². The molecule has 1 aliphatic rings. The lowest BCUT2D eigenvalue weighted by molar-refractivity contribution is 0.0901. The SMILES string of the molecule is CC(CC(O)c1ccco1)NC(=O)c1cc2c([nH]c1=O)CCCC2. The minimum Gasteiger partial charge on any atom is -0.467 e. The fourth-order valence-electron chi connectivity index (χ4n) is 3.14. The van der Waals surface area contributed by atoms with Crippen molar-refractivity contribution in [1.29, 1.82) is 0 Å². The molecule has 1 amide bonds. The second kappa shape index (κ2) is 7.05. The zero-order valence-electron chi connectivity index (χ0n) is 13.7. The second-order valence-corrected chi connectivity index (χ2v) is 6.36. The lowest BCUT2D eigenvalue weighted by Gasteiger charge is -2.18. The fourth-order valence-corrected chi connectivity index (χ4v) is 3.14. The zero-order valence-corrected chi connectivity index (χ0v) is 13.7. The number of hydrogen-bond acceptors (Lipinski definition) is 4. The van der Waals surface area contributed by atoms with E-state index < -0.39 is 12.0 Å². The van der Waals surface area contributed by atoms with Crippen molar-refractivity contribution in [1.82, 2.24) is 10.3 Å². The molecule has 128 valence electrons. The van der Waals surface area contributed by atoms with Crippen LogP contribution >= 0.6 is 0 Å². The number of amides is 1. The van der Waals surface area contributed by atoms with Crippen molar-refractivity contribution in [2.45, 2.75) is 51.2 Å². The van der Waals surface area contributed by atoms with E-state index in [9.17, 15) is 14.7 Å². The molecule has 0 bridgehead atoms. The van der Waals surface area contributed by atoms with E-state index in [0.29, 0.717) is 12.2 Å². The third kappa shape index (κ3) is 3.59. The molecule has 0 aliphatic heterocycles. The summed E-state index contributed by atoms with van der Waals surface area (Å²) in [6.45, 7) is 1.79. The summed E-state index contributed by atoms with van der Waals surface area (Å²) in [5.41, 5.74) is 1.78. The molecule has 24 heavy (non-hydrogen) atoms. The van der Waals surface area contributed by atoms with Crippen molar-refractivity contribution >= 4 is 5.91 Å². The van der Waals surface area contributed by atoms with Crippen molar-refractivity contribution in [2.75, 3.05) is 0 Å². The van der Waals surface area contributed by atoms with Crippen molar-refractivity contribution in [2.24, 2.45) is 0 Å². The number of fused-ring (bicyclic) bond motifs is 1. The maximum Gasteiger partial charge on any atom is 0.261 e. The Kier molecular flexibility index (Phi) is 4.85. The van der Waals surface area contributed by atoms with Gasteiger partial charge in [-0.1, -0.05) is 0 Å². The van der Waals surface area contributed by atoms with Gasteiger partial charge in [-0.3, -0.25) is 9.59 Å². The van der Waals surface area contributed by atoms with Gasteiger partial charge in [0.15, 0.2) is 0 Å². The van der Waals surface area contributed by atoms with Crippen LogP contribution in [0, 0.1) is 0 Å². The number of aryl methyl sites for hydroxylation is 2. The summed E-state index contributed by atoms with van der Waals surface area (Å²) >= 11 is 0. The predicted molar refractivity (Wildman–Crippen MR) is 88.9 cm³/mol. The van der Waals surface area contributed by atoms with Crippen molar-refractivity contribution in [3.05, 3.63) is 57.4 Å². The monoisotopic (exact) mass is 330 g/mol. The van der Waals surface area contributed by atoms with Crippen molar-refractivity contribution in [3.63, 3.8) is 0 Å². The number of carbonyl (C=O) groups excluding carboxylic acids is 1. The lowest BCUT2D eigenvalue weighted by Crippen LogP contribution is -2.37. The molecule has 2 aromatic heterocycles. The summed E-state index contributed by atoms with van der Waals surface area (Å²) in [7, 11) is 0. The van der Waals surface area contributed by atoms with Gasteiger partial charge < -0.3 is 19.8 Å². The average Bonchev–Trinajstić information content (AvgIpc) is 3.08. The molecular formula is C18H22N2O4. The summed E-state index contributed by atoms with van der Waals surface area (Å²) < 4.78 is 5.15. The molecule has 6 heteroatoms. The van der Waals surface area contributed by atoms with E-state index in [2.05, 4.69) is 10.3 Å². The van der Waals surface area contributed by atoms with Gasteiger partial charge in [0.05, 0.1) is 6.26 Å². The quantitative estimate of drug-likeness (QED) is 0.782. The van der Waals surface area contributed by atoms with Gasteiger partial charge in [0.25, 0.3) is 11.5 Å². The highest BCUT2D eigenvalue weighted by Gasteiger charge is 2.20. The number of aromatic amines is 1. The Balaban J connectivity index is 1.67. The number of hydrogen-bond donors (Lipinski definition) is 3. The Morgan fingerprint density at radius 3 is 2.96 bits per heavy atom. The number of carbonyl (C=O) groups is 1. The first-order chi connectivity index (χ1) is 11.5. The zero-order chi connectivity index (χ0) is 17.1. The minimum atomic E-state index is -0.794. The Morgan fingerprint density at radius 1 is 1.42 bits per heavy atom. The molecule has 2 aromatic rings. The molecule has 2 atom stereocenters. The number of pyridine rings is 1. The second-order valence-electron chi connectivity index (χ2n) is 6.36. The van der Waals surface area contributed by atoms with E-state index in [1.54, 1.807) is 25.1 Å². The molecule has 6 nitrogen and oxygen atoms in total. The molecule has 2 unspecified atom stereocenters. The molecule has 0 aromatic carbocycles. The number of aliphatic hydroxyl groups excluding tert-OH is 1. The van der Waals surface area contributed by atoms with Crippen LogP contribution in [0.15, 0.2) is 33.7 Å². The number of aromatic nitrogens is 1. The van der Waals surface area contributed by atoms with Crippen LogP contribution in [0.2, 0.25) is 0 Å². The van der Waals surface area contributed by atoms with Crippen LogP contribution < -0.4 is 10.9 Å². The molecule has 1 aliphatic carbocycles. The Hall–Kier alpha value is -2.34. The van der Waals surface area contributed by atoms with E-state index in [1.165, 1.54) is 6.26 Å². The van der Waals surface area contributed by atoms with Crippen LogP contribution in [0.3, 0.4) is 0 Å². The fraction of sp³-hybridized carbons (Fsp3) is 0.444. The number of H-pyrrole nitrogens is 1. The summed E-state index contributed by atoms with van der Waals surface area (Å²) in [6, 6.07) is 4.80. The Bertz CT molecular complexity index is 764. The first kappa shape index (κ1) is 16.5. The van der Waals surface area contributed by atoms with Gasteiger partial charge >= 0.3 is 0 Å². The third-order valence-electron chi connectivity index (χ3n) is 4.41. The Morgan fingerprint density at radius 2 is 2.21 bits per heavy atom. The number of nitrogens with one attached hydrogen (secondary N) is 2. The standard InChI is InChI=1S/C18H22N2O4/c1-11(9-15(21)16-7-4-8-24-16)19-17(22)13-10-12-5-2-3-6-14(12)20-18(13)23/h4,7-8,10-11,15,21H,2-3,5-6,9H2,1H3,(H,19,22)(H,20,23).